The molecule has 1 aromatic rings. The average Bonchev–Trinajstić information content (AvgIpc) is 2.90. The monoisotopic (exact) mass is 320 g/mol. The largest absolute Gasteiger partial charge is 0.456 e. The molecule has 1 aromatic heterocycles. The van der Waals surface area contributed by atoms with Gasteiger partial charge < -0.3 is 9.64 Å². The summed E-state index contributed by atoms with van der Waals surface area (Å²) < 4.78 is 30.6. The number of hydrogen-bond donors (Lipinski definition) is 1. The van der Waals surface area contributed by atoms with Crippen molar-refractivity contribution >= 4 is 33.2 Å². The molecule has 7 nitrogen and oxygen atoms in total. The van der Waals surface area contributed by atoms with Gasteiger partial charge in [-0.2, -0.15) is 0 Å². The molecule has 1 amide bonds. The number of thiophene rings is 1. The van der Waals surface area contributed by atoms with Crippen LogP contribution in [0.3, 0.4) is 0 Å². The van der Waals surface area contributed by atoms with Crippen LogP contribution >= 0.6 is 11.3 Å². The molecular formula is C11H16N2O5S2. The Bertz CT molecular complexity index is 551. The van der Waals surface area contributed by atoms with Crippen molar-refractivity contribution in [3.63, 3.8) is 0 Å². The highest BCUT2D eigenvalue weighted by Crippen LogP contribution is 2.14. The standard InChI is InChI=1S/C11H16N2O5S2/c1-13(2)9(14)8-18-10(15)5-6-12-20(16,17)11-4-3-7-19-11/h3-4,7,12H,5-6,8H2,1-2H3. The molecule has 1 N–H and O–H groups in total. The first-order valence-electron chi connectivity index (χ1n) is 5.72. The predicted octanol–water partition coefficient (Wildman–Crippen LogP) is 0.0479. The number of carbonyl (C=O) groups is 2. The minimum atomic E-state index is -3.57. The Morgan fingerprint density at radius 3 is 2.65 bits per heavy atom. The van der Waals surface area contributed by atoms with Crippen LogP contribution in [-0.2, 0) is 24.3 Å². The van der Waals surface area contributed by atoms with Crippen LogP contribution in [0.5, 0.6) is 0 Å². The van der Waals surface area contributed by atoms with Gasteiger partial charge in [0.1, 0.15) is 4.21 Å². The van der Waals surface area contributed by atoms with Gasteiger partial charge in [-0.15, -0.1) is 11.3 Å². The van der Waals surface area contributed by atoms with Crippen molar-refractivity contribution in [2.45, 2.75) is 10.6 Å². The van der Waals surface area contributed by atoms with E-state index >= 15 is 0 Å². The molecule has 0 spiro atoms. The molecule has 0 radical (unpaired) electrons. The van der Waals surface area contributed by atoms with E-state index in [1.807, 2.05) is 0 Å². The molecule has 0 fully saturated rings. The zero-order valence-electron chi connectivity index (χ0n) is 11.2. The number of hydrogen-bond acceptors (Lipinski definition) is 6. The highest BCUT2D eigenvalue weighted by Gasteiger charge is 2.15. The fourth-order valence-electron chi connectivity index (χ4n) is 1.12. The molecule has 112 valence electrons. The first kappa shape index (κ1) is 16.6. The minimum absolute atomic E-state index is 0.0742. The van der Waals surface area contributed by atoms with Crippen molar-refractivity contribution in [2.75, 3.05) is 27.2 Å². The lowest BCUT2D eigenvalue weighted by atomic mass is 10.4. The zero-order valence-corrected chi connectivity index (χ0v) is 12.8. The topological polar surface area (TPSA) is 92.8 Å². The van der Waals surface area contributed by atoms with E-state index in [9.17, 15) is 18.0 Å². The van der Waals surface area contributed by atoms with Gasteiger partial charge in [0.25, 0.3) is 5.91 Å². The van der Waals surface area contributed by atoms with Crippen molar-refractivity contribution in [3.8, 4) is 0 Å². The molecule has 0 saturated heterocycles. The van der Waals surface area contributed by atoms with Crippen LogP contribution in [-0.4, -0.2) is 52.4 Å². The molecule has 9 heteroatoms. The van der Waals surface area contributed by atoms with E-state index in [0.717, 1.165) is 11.3 Å². The molecule has 0 saturated carbocycles. The molecule has 0 aliphatic heterocycles. The lowest BCUT2D eigenvalue weighted by Gasteiger charge is -2.10. The molecule has 0 aliphatic rings. The molecule has 0 atom stereocenters. The molecule has 0 unspecified atom stereocenters. The number of likely N-dealkylation sites (N-methyl/N-ethyl adjacent to an activating group) is 1. The lowest BCUT2D eigenvalue weighted by Crippen LogP contribution is -2.29. The number of nitrogens with one attached hydrogen (secondary N) is 1. The molecule has 0 bridgehead atoms. The Balaban J connectivity index is 2.31. The highest BCUT2D eigenvalue weighted by molar-refractivity contribution is 7.91. The van der Waals surface area contributed by atoms with E-state index in [1.54, 1.807) is 25.5 Å². The Hall–Kier alpha value is -1.45. The first-order chi connectivity index (χ1) is 9.33. The van der Waals surface area contributed by atoms with E-state index in [1.165, 1.54) is 11.0 Å². The SMILES string of the molecule is CN(C)C(=O)COC(=O)CCNS(=O)(=O)c1cccs1. The van der Waals surface area contributed by atoms with Crippen LogP contribution < -0.4 is 4.72 Å². The normalized spacial score (nSPS) is 11.1. The summed E-state index contributed by atoms with van der Waals surface area (Å²) >= 11 is 1.09. The first-order valence-corrected chi connectivity index (χ1v) is 8.08. The van der Waals surface area contributed by atoms with Crippen molar-refractivity contribution < 1.29 is 22.7 Å². The molecule has 1 rings (SSSR count). The van der Waals surface area contributed by atoms with Gasteiger partial charge in [0.05, 0.1) is 6.42 Å². The van der Waals surface area contributed by atoms with Gasteiger partial charge in [0.15, 0.2) is 6.61 Å². The van der Waals surface area contributed by atoms with Crippen LogP contribution in [0.1, 0.15) is 6.42 Å². The van der Waals surface area contributed by atoms with Crippen molar-refractivity contribution in [1.82, 2.24) is 9.62 Å². The van der Waals surface area contributed by atoms with Gasteiger partial charge in [0, 0.05) is 20.6 Å². The third kappa shape index (κ3) is 5.27. The van der Waals surface area contributed by atoms with Gasteiger partial charge in [-0.1, -0.05) is 6.07 Å². The quantitative estimate of drug-likeness (QED) is 0.717. The zero-order chi connectivity index (χ0) is 15.2. The predicted molar refractivity (Wildman–Crippen MR) is 73.8 cm³/mol. The van der Waals surface area contributed by atoms with E-state index in [4.69, 9.17) is 4.74 Å². The second kappa shape index (κ2) is 7.36. The fraction of sp³-hybridized carbons (Fsp3) is 0.455. The van der Waals surface area contributed by atoms with Crippen molar-refractivity contribution in [1.29, 1.82) is 0 Å². The summed E-state index contributed by atoms with van der Waals surface area (Å²) in [6, 6.07) is 3.10. The third-order valence-electron chi connectivity index (χ3n) is 2.24. The number of rotatable bonds is 7. The molecule has 1 heterocycles. The minimum Gasteiger partial charge on any atom is -0.456 e. The lowest BCUT2D eigenvalue weighted by molar-refractivity contribution is -0.150. The summed E-state index contributed by atoms with van der Waals surface area (Å²) in [6.07, 6.45) is -0.134. The Labute approximate surface area is 121 Å². The van der Waals surface area contributed by atoms with Gasteiger partial charge in [-0.3, -0.25) is 9.59 Å². The van der Waals surface area contributed by atoms with E-state index in [0.29, 0.717) is 0 Å². The molecule has 0 aliphatic carbocycles. The number of carbonyl (C=O) groups excluding carboxylic acids is 2. The average molecular weight is 320 g/mol. The Morgan fingerprint density at radius 1 is 1.40 bits per heavy atom. The third-order valence-corrected chi connectivity index (χ3v) is 5.10. The van der Waals surface area contributed by atoms with Crippen LogP contribution in [0.25, 0.3) is 0 Å². The van der Waals surface area contributed by atoms with Crippen molar-refractivity contribution in [2.24, 2.45) is 0 Å². The number of sulfonamides is 1. The number of amides is 1. The maximum absolute atomic E-state index is 11.7. The van der Waals surface area contributed by atoms with E-state index in [-0.39, 0.29) is 29.7 Å². The second-order valence-electron chi connectivity index (χ2n) is 4.03. The van der Waals surface area contributed by atoms with E-state index in [2.05, 4.69) is 4.72 Å². The van der Waals surface area contributed by atoms with Crippen molar-refractivity contribution in [3.05, 3.63) is 17.5 Å². The van der Waals surface area contributed by atoms with Crippen LogP contribution in [0.4, 0.5) is 0 Å². The maximum atomic E-state index is 11.7. The summed E-state index contributed by atoms with van der Waals surface area (Å²) in [7, 11) is -0.478. The van der Waals surface area contributed by atoms with Crippen LogP contribution in [0, 0.1) is 0 Å². The van der Waals surface area contributed by atoms with Gasteiger partial charge in [0.2, 0.25) is 10.0 Å². The number of esters is 1. The van der Waals surface area contributed by atoms with Gasteiger partial charge in [-0.25, -0.2) is 13.1 Å². The maximum Gasteiger partial charge on any atom is 0.307 e. The van der Waals surface area contributed by atoms with Crippen LogP contribution in [0.2, 0.25) is 0 Å². The summed E-state index contributed by atoms with van der Waals surface area (Å²) in [5.74, 6) is -0.966. The highest BCUT2D eigenvalue weighted by atomic mass is 32.2. The number of nitrogens with zero attached hydrogens (tertiary/aromatic N) is 1. The summed E-state index contributed by atoms with van der Waals surface area (Å²) in [6.45, 7) is -0.418. The fourth-order valence-corrected chi connectivity index (χ4v) is 3.19. The summed E-state index contributed by atoms with van der Waals surface area (Å²) in [5.41, 5.74) is 0. The summed E-state index contributed by atoms with van der Waals surface area (Å²) in [4.78, 5) is 23.8. The number of ether oxygens (including phenoxy) is 1. The molecular weight excluding hydrogens is 304 g/mol. The smallest absolute Gasteiger partial charge is 0.307 e. The van der Waals surface area contributed by atoms with Crippen LogP contribution in [0.15, 0.2) is 21.7 Å². The van der Waals surface area contributed by atoms with E-state index < -0.39 is 16.0 Å². The Kier molecular flexibility index (Phi) is 6.11. The van der Waals surface area contributed by atoms with Gasteiger partial charge in [-0.05, 0) is 11.4 Å². The second-order valence-corrected chi connectivity index (χ2v) is 6.97. The Morgan fingerprint density at radius 2 is 2.10 bits per heavy atom. The summed E-state index contributed by atoms with van der Waals surface area (Å²) in [5, 5.41) is 1.65. The molecule has 20 heavy (non-hydrogen) atoms. The van der Waals surface area contributed by atoms with Gasteiger partial charge >= 0.3 is 5.97 Å². The molecule has 0 aromatic carbocycles.